The summed E-state index contributed by atoms with van der Waals surface area (Å²) in [4.78, 5) is 14.4. The van der Waals surface area contributed by atoms with E-state index in [-0.39, 0.29) is 6.04 Å². The van der Waals surface area contributed by atoms with Crippen molar-refractivity contribution in [2.45, 2.75) is 59.0 Å². The largest absolute Gasteiger partial charge is 0.338 e. The van der Waals surface area contributed by atoms with E-state index < -0.39 is 0 Å². The van der Waals surface area contributed by atoms with Crippen molar-refractivity contribution in [1.82, 2.24) is 10.2 Å². The number of carbonyl (C=O) groups excluding carboxylic acids is 1. The Morgan fingerprint density at radius 2 is 2.12 bits per heavy atom. The molecule has 3 heteroatoms. The predicted molar refractivity (Wildman–Crippen MR) is 67.3 cm³/mol. The van der Waals surface area contributed by atoms with E-state index in [9.17, 15) is 4.79 Å². The van der Waals surface area contributed by atoms with E-state index in [0.29, 0.717) is 17.9 Å². The molecule has 0 aromatic heterocycles. The topological polar surface area (TPSA) is 32.3 Å². The normalized spacial score (nSPS) is 23.9. The van der Waals surface area contributed by atoms with Gasteiger partial charge in [-0.15, -0.1) is 0 Å². The Bertz CT molecular complexity index is 226. The van der Waals surface area contributed by atoms with Crippen molar-refractivity contribution in [3.8, 4) is 0 Å². The van der Waals surface area contributed by atoms with Crippen molar-refractivity contribution in [2.75, 3.05) is 13.1 Å². The van der Waals surface area contributed by atoms with Gasteiger partial charge in [0, 0.05) is 12.6 Å². The first-order valence-corrected chi connectivity index (χ1v) is 6.65. The summed E-state index contributed by atoms with van der Waals surface area (Å²) in [7, 11) is 0. The van der Waals surface area contributed by atoms with Gasteiger partial charge in [0.1, 0.15) is 0 Å². The standard InChI is InChI=1S/C13H26N2O/c1-5-12(10(3)4)15-9-7-8-11(13(15)16)14-6-2/h10-12,14H,5-9H2,1-4H3. The van der Waals surface area contributed by atoms with Crippen LogP contribution in [0.2, 0.25) is 0 Å². The highest BCUT2D eigenvalue weighted by Gasteiger charge is 2.32. The highest BCUT2D eigenvalue weighted by atomic mass is 16.2. The Morgan fingerprint density at radius 3 is 2.62 bits per heavy atom. The van der Waals surface area contributed by atoms with Crippen molar-refractivity contribution >= 4 is 5.91 Å². The molecule has 0 aliphatic carbocycles. The molecule has 0 saturated carbocycles. The van der Waals surface area contributed by atoms with Crippen molar-refractivity contribution < 1.29 is 4.79 Å². The molecule has 0 spiro atoms. The monoisotopic (exact) mass is 226 g/mol. The van der Waals surface area contributed by atoms with E-state index in [2.05, 4.69) is 37.9 Å². The number of piperidine rings is 1. The van der Waals surface area contributed by atoms with Crippen molar-refractivity contribution in [1.29, 1.82) is 0 Å². The minimum absolute atomic E-state index is 0.0616. The van der Waals surface area contributed by atoms with Crippen LogP contribution in [0.25, 0.3) is 0 Å². The van der Waals surface area contributed by atoms with Gasteiger partial charge in [0.05, 0.1) is 6.04 Å². The van der Waals surface area contributed by atoms with Gasteiger partial charge in [0.15, 0.2) is 0 Å². The van der Waals surface area contributed by atoms with Gasteiger partial charge >= 0.3 is 0 Å². The maximum absolute atomic E-state index is 12.3. The zero-order chi connectivity index (χ0) is 12.1. The van der Waals surface area contributed by atoms with Crippen molar-refractivity contribution in [3.63, 3.8) is 0 Å². The van der Waals surface area contributed by atoms with Gasteiger partial charge in [-0.1, -0.05) is 27.7 Å². The van der Waals surface area contributed by atoms with E-state index in [1.165, 1.54) is 0 Å². The SMILES string of the molecule is CCNC1CCCN(C(CC)C(C)C)C1=O. The second kappa shape index (κ2) is 6.24. The Labute approximate surface area is 99.6 Å². The summed E-state index contributed by atoms with van der Waals surface area (Å²) in [6.45, 7) is 10.5. The maximum atomic E-state index is 12.3. The van der Waals surface area contributed by atoms with Gasteiger partial charge in [-0.3, -0.25) is 4.79 Å². The summed E-state index contributed by atoms with van der Waals surface area (Å²) in [5.74, 6) is 0.864. The molecule has 2 unspecified atom stereocenters. The zero-order valence-corrected chi connectivity index (χ0v) is 11.1. The lowest BCUT2D eigenvalue weighted by atomic mass is 9.95. The van der Waals surface area contributed by atoms with Crippen LogP contribution in [0.15, 0.2) is 0 Å². The molecular weight excluding hydrogens is 200 g/mol. The predicted octanol–water partition coefficient (Wildman–Crippen LogP) is 2.02. The molecule has 2 atom stereocenters. The zero-order valence-electron chi connectivity index (χ0n) is 11.1. The van der Waals surface area contributed by atoms with Crippen LogP contribution in [0.4, 0.5) is 0 Å². The molecule has 1 aliphatic heterocycles. The fourth-order valence-corrected chi connectivity index (χ4v) is 2.72. The molecule has 1 saturated heterocycles. The summed E-state index contributed by atoms with van der Waals surface area (Å²) in [5, 5.41) is 3.29. The number of amides is 1. The van der Waals surface area contributed by atoms with Crippen LogP contribution in [-0.2, 0) is 4.79 Å². The Kier molecular flexibility index (Phi) is 5.26. The van der Waals surface area contributed by atoms with Crippen LogP contribution in [0.3, 0.4) is 0 Å². The molecule has 0 radical (unpaired) electrons. The Morgan fingerprint density at radius 1 is 1.44 bits per heavy atom. The van der Waals surface area contributed by atoms with Crippen LogP contribution >= 0.6 is 0 Å². The molecule has 0 aromatic rings. The third-order valence-electron chi connectivity index (χ3n) is 3.51. The molecule has 1 N–H and O–H groups in total. The number of likely N-dealkylation sites (tertiary alicyclic amines) is 1. The Hall–Kier alpha value is -0.570. The molecule has 0 aromatic carbocycles. The first kappa shape index (κ1) is 13.5. The number of nitrogens with zero attached hydrogens (tertiary/aromatic N) is 1. The van der Waals surface area contributed by atoms with Gasteiger partial charge < -0.3 is 10.2 Å². The van der Waals surface area contributed by atoms with Gasteiger partial charge in [-0.05, 0) is 31.7 Å². The summed E-state index contributed by atoms with van der Waals surface area (Å²) >= 11 is 0. The van der Waals surface area contributed by atoms with Crippen molar-refractivity contribution in [2.24, 2.45) is 5.92 Å². The molecule has 3 nitrogen and oxygen atoms in total. The van der Waals surface area contributed by atoms with Crippen LogP contribution in [0.1, 0.15) is 47.0 Å². The van der Waals surface area contributed by atoms with Gasteiger partial charge in [0.2, 0.25) is 5.91 Å². The molecule has 16 heavy (non-hydrogen) atoms. The van der Waals surface area contributed by atoms with Gasteiger partial charge in [0.25, 0.3) is 0 Å². The lowest BCUT2D eigenvalue weighted by Gasteiger charge is -2.39. The molecule has 94 valence electrons. The first-order valence-electron chi connectivity index (χ1n) is 6.65. The van der Waals surface area contributed by atoms with Gasteiger partial charge in [-0.25, -0.2) is 0 Å². The second-order valence-corrected chi connectivity index (χ2v) is 5.00. The fraction of sp³-hybridized carbons (Fsp3) is 0.923. The van der Waals surface area contributed by atoms with E-state index in [0.717, 1.165) is 32.4 Å². The Balaban J connectivity index is 2.68. The van der Waals surface area contributed by atoms with E-state index in [1.54, 1.807) is 0 Å². The molecule has 0 bridgehead atoms. The highest BCUT2D eigenvalue weighted by molar-refractivity contribution is 5.83. The minimum Gasteiger partial charge on any atom is -0.338 e. The summed E-state index contributed by atoms with van der Waals surface area (Å²) in [5.41, 5.74) is 0. The average Bonchev–Trinajstić information content (AvgIpc) is 2.24. The maximum Gasteiger partial charge on any atom is 0.239 e. The number of hydrogen-bond donors (Lipinski definition) is 1. The lowest BCUT2D eigenvalue weighted by Crippen LogP contribution is -2.55. The van der Waals surface area contributed by atoms with E-state index in [4.69, 9.17) is 0 Å². The third-order valence-corrected chi connectivity index (χ3v) is 3.51. The molecular formula is C13H26N2O. The molecule has 1 amide bonds. The number of hydrogen-bond acceptors (Lipinski definition) is 2. The number of nitrogens with one attached hydrogen (secondary N) is 1. The van der Waals surface area contributed by atoms with Crippen LogP contribution < -0.4 is 5.32 Å². The number of carbonyl (C=O) groups is 1. The van der Waals surface area contributed by atoms with Gasteiger partial charge in [-0.2, -0.15) is 0 Å². The molecule has 1 rings (SSSR count). The quantitative estimate of drug-likeness (QED) is 0.778. The highest BCUT2D eigenvalue weighted by Crippen LogP contribution is 2.21. The lowest BCUT2D eigenvalue weighted by molar-refractivity contribution is -0.139. The number of likely N-dealkylation sites (N-methyl/N-ethyl adjacent to an activating group) is 1. The molecule has 1 aliphatic rings. The third kappa shape index (κ3) is 2.97. The van der Waals surface area contributed by atoms with Crippen LogP contribution in [0, 0.1) is 5.92 Å². The summed E-state index contributed by atoms with van der Waals surface area (Å²) < 4.78 is 0. The summed E-state index contributed by atoms with van der Waals surface area (Å²) in [6, 6.07) is 0.473. The van der Waals surface area contributed by atoms with E-state index in [1.807, 2.05) is 0 Å². The van der Waals surface area contributed by atoms with Crippen LogP contribution in [0.5, 0.6) is 0 Å². The van der Waals surface area contributed by atoms with Crippen molar-refractivity contribution in [3.05, 3.63) is 0 Å². The first-order chi connectivity index (χ1) is 7.61. The molecule has 1 fully saturated rings. The fourth-order valence-electron chi connectivity index (χ4n) is 2.72. The second-order valence-electron chi connectivity index (χ2n) is 5.00. The minimum atomic E-state index is 0.0616. The van der Waals surface area contributed by atoms with E-state index >= 15 is 0 Å². The molecule has 1 heterocycles. The summed E-state index contributed by atoms with van der Waals surface area (Å²) in [6.07, 6.45) is 3.19. The number of rotatable bonds is 5. The average molecular weight is 226 g/mol. The van der Waals surface area contributed by atoms with Crippen LogP contribution in [-0.4, -0.2) is 36.0 Å². The smallest absolute Gasteiger partial charge is 0.239 e.